The van der Waals surface area contributed by atoms with Gasteiger partial charge in [-0.15, -0.1) is 0 Å². The Hall–Kier alpha value is -1.02. The molecule has 120 valence electrons. The average molecular weight is 291 g/mol. The highest BCUT2D eigenvalue weighted by atomic mass is 16.5. The van der Waals surface area contributed by atoms with Crippen molar-refractivity contribution in [3.8, 4) is 5.75 Å². The Morgan fingerprint density at radius 3 is 1.95 bits per heavy atom. The summed E-state index contributed by atoms with van der Waals surface area (Å²) in [6.45, 7) is 4.10. The molecule has 0 aliphatic heterocycles. The van der Waals surface area contributed by atoms with E-state index in [0.29, 0.717) is 0 Å². The van der Waals surface area contributed by atoms with Crippen molar-refractivity contribution in [2.45, 2.75) is 64.8 Å². The summed E-state index contributed by atoms with van der Waals surface area (Å²) in [5, 5.41) is 0. The number of rotatable bonds is 12. The minimum absolute atomic E-state index is 0.849. The third-order valence-electron chi connectivity index (χ3n) is 3.69. The maximum Gasteiger partial charge on any atom is 0.119 e. The second kappa shape index (κ2) is 11.6. The number of unbranched alkanes of at least 4 members (excludes halogenated alkanes) is 7. The Morgan fingerprint density at radius 1 is 0.810 bits per heavy atom. The van der Waals surface area contributed by atoms with Gasteiger partial charge in [-0.3, -0.25) is 0 Å². The van der Waals surface area contributed by atoms with Crippen molar-refractivity contribution in [3.05, 3.63) is 29.8 Å². The molecule has 0 atom stereocenters. The molecule has 0 bridgehead atoms. The summed E-state index contributed by atoms with van der Waals surface area (Å²) >= 11 is 0. The summed E-state index contributed by atoms with van der Waals surface area (Å²) < 4.78 is 5.80. The first kappa shape index (κ1) is 18.0. The molecule has 1 aromatic carbocycles. The van der Waals surface area contributed by atoms with Gasteiger partial charge in [-0.05, 0) is 38.2 Å². The predicted octanol–water partition coefficient (Wildman–Crippen LogP) is 5.27. The molecule has 1 rings (SSSR count). The Kier molecular flexibility index (Phi) is 9.98. The van der Waals surface area contributed by atoms with Gasteiger partial charge >= 0.3 is 0 Å². The van der Waals surface area contributed by atoms with Crippen LogP contribution in [-0.4, -0.2) is 25.6 Å². The van der Waals surface area contributed by atoms with Crippen LogP contribution in [0.15, 0.2) is 24.3 Å². The molecule has 0 aromatic heterocycles. The van der Waals surface area contributed by atoms with Crippen molar-refractivity contribution < 1.29 is 4.74 Å². The van der Waals surface area contributed by atoms with E-state index in [0.717, 1.165) is 18.9 Å². The van der Waals surface area contributed by atoms with Crippen molar-refractivity contribution in [1.82, 2.24) is 4.90 Å². The number of hydrogen-bond acceptors (Lipinski definition) is 2. The Labute approximate surface area is 131 Å². The van der Waals surface area contributed by atoms with Crippen molar-refractivity contribution >= 4 is 0 Å². The third kappa shape index (κ3) is 9.52. The van der Waals surface area contributed by atoms with Crippen LogP contribution in [-0.2, 0) is 6.54 Å². The summed E-state index contributed by atoms with van der Waals surface area (Å²) in [4.78, 5) is 2.18. The maximum atomic E-state index is 5.80. The van der Waals surface area contributed by atoms with Crippen molar-refractivity contribution in [3.63, 3.8) is 0 Å². The summed E-state index contributed by atoms with van der Waals surface area (Å²) in [6.07, 6.45) is 10.8. The molecule has 0 saturated heterocycles. The highest BCUT2D eigenvalue weighted by Crippen LogP contribution is 2.14. The van der Waals surface area contributed by atoms with E-state index < -0.39 is 0 Å². The van der Waals surface area contributed by atoms with Gasteiger partial charge in [0.05, 0.1) is 6.61 Å². The van der Waals surface area contributed by atoms with Crippen LogP contribution >= 0.6 is 0 Å². The van der Waals surface area contributed by atoms with E-state index in [-0.39, 0.29) is 0 Å². The molecule has 0 radical (unpaired) electrons. The second-order valence-electron chi connectivity index (χ2n) is 6.21. The van der Waals surface area contributed by atoms with Gasteiger partial charge < -0.3 is 9.64 Å². The van der Waals surface area contributed by atoms with Crippen LogP contribution in [0.1, 0.15) is 63.9 Å². The minimum atomic E-state index is 0.849. The molecule has 1 aromatic rings. The van der Waals surface area contributed by atoms with Crippen molar-refractivity contribution in [1.29, 1.82) is 0 Å². The molecule has 21 heavy (non-hydrogen) atoms. The Morgan fingerprint density at radius 2 is 1.38 bits per heavy atom. The van der Waals surface area contributed by atoms with Crippen LogP contribution in [0.5, 0.6) is 5.75 Å². The van der Waals surface area contributed by atoms with Gasteiger partial charge in [0.25, 0.3) is 0 Å². The van der Waals surface area contributed by atoms with E-state index in [9.17, 15) is 0 Å². The number of hydrogen-bond donors (Lipinski definition) is 0. The molecule has 0 amide bonds. The summed E-state index contributed by atoms with van der Waals surface area (Å²) in [7, 11) is 4.18. The van der Waals surface area contributed by atoms with E-state index in [1.807, 2.05) is 0 Å². The van der Waals surface area contributed by atoms with Gasteiger partial charge in [-0.2, -0.15) is 0 Å². The van der Waals surface area contributed by atoms with Crippen LogP contribution in [0.4, 0.5) is 0 Å². The van der Waals surface area contributed by atoms with Gasteiger partial charge in [0.15, 0.2) is 0 Å². The van der Waals surface area contributed by atoms with Crippen LogP contribution in [0, 0.1) is 0 Å². The highest BCUT2D eigenvalue weighted by molar-refractivity contribution is 5.27. The maximum absolute atomic E-state index is 5.80. The molecular formula is C19H33NO. The summed E-state index contributed by atoms with van der Waals surface area (Å²) in [5.41, 5.74) is 1.33. The van der Waals surface area contributed by atoms with E-state index in [1.54, 1.807) is 0 Å². The number of benzene rings is 1. The van der Waals surface area contributed by atoms with E-state index >= 15 is 0 Å². The SMILES string of the molecule is CCCCCCCCCCOc1ccc(CN(C)C)cc1. The lowest BCUT2D eigenvalue weighted by molar-refractivity contribution is 0.304. The lowest BCUT2D eigenvalue weighted by atomic mass is 10.1. The van der Waals surface area contributed by atoms with E-state index in [4.69, 9.17) is 4.74 Å². The van der Waals surface area contributed by atoms with Gasteiger partial charge in [-0.25, -0.2) is 0 Å². The van der Waals surface area contributed by atoms with Crippen molar-refractivity contribution in [2.75, 3.05) is 20.7 Å². The molecule has 0 spiro atoms. The largest absolute Gasteiger partial charge is 0.494 e. The predicted molar refractivity (Wildman–Crippen MR) is 91.9 cm³/mol. The lowest BCUT2D eigenvalue weighted by Crippen LogP contribution is -2.10. The third-order valence-corrected chi connectivity index (χ3v) is 3.69. The fraction of sp³-hybridized carbons (Fsp3) is 0.684. The number of ether oxygens (including phenoxy) is 1. The molecule has 2 heteroatoms. The zero-order valence-electron chi connectivity index (χ0n) is 14.2. The first-order chi connectivity index (χ1) is 10.2. The standard InChI is InChI=1S/C19H33NO/c1-4-5-6-7-8-9-10-11-16-21-19-14-12-18(13-15-19)17-20(2)3/h12-15H,4-11,16-17H2,1-3H3. The Bertz CT molecular complexity index is 345. The number of nitrogens with zero attached hydrogens (tertiary/aromatic N) is 1. The van der Waals surface area contributed by atoms with Crippen LogP contribution in [0.3, 0.4) is 0 Å². The lowest BCUT2D eigenvalue weighted by Gasteiger charge is -2.10. The average Bonchev–Trinajstić information content (AvgIpc) is 2.47. The van der Waals surface area contributed by atoms with E-state index in [1.165, 1.54) is 56.9 Å². The topological polar surface area (TPSA) is 12.5 Å². The smallest absolute Gasteiger partial charge is 0.119 e. The Balaban J connectivity index is 2.02. The molecule has 0 N–H and O–H groups in total. The zero-order valence-corrected chi connectivity index (χ0v) is 14.2. The fourth-order valence-corrected chi connectivity index (χ4v) is 2.48. The van der Waals surface area contributed by atoms with Crippen LogP contribution < -0.4 is 4.74 Å². The molecule has 0 heterocycles. The van der Waals surface area contributed by atoms with Gasteiger partial charge in [0.2, 0.25) is 0 Å². The summed E-state index contributed by atoms with van der Waals surface area (Å²) in [5.74, 6) is 1.00. The molecular weight excluding hydrogens is 258 g/mol. The minimum Gasteiger partial charge on any atom is -0.494 e. The second-order valence-corrected chi connectivity index (χ2v) is 6.21. The molecule has 2 nitrogen and oxygen atoms in total. The highest BCUT2D eigenvalue weighted by Gasteiger charge is 1.97. The molecule has 0 fully saturated rings. The quantitative estimate of drug-likeness (QED) is 0.487. The van der Waals surface area contributed by atoms with Gasteiger partial charge in [0, 0.05) is 6.54 Å². The van der Waals surface area contributed by atoms with Crippen molar-refractivity contribution in [2.24, 2.45) is 0 Å². The van der Waals surface area contributed by atoms with Gasteiger partial charge in [-0.1, -0.05) is 64.0 Å². The first-order valence-electron chi connectivity index (χ1n) is 8.59. The normalized spacial score (nSPS) is 11.0. The molecule has 0 aliphatic carbocycles. The zero-order chi connectivity index (χ0) is 15.3. The first-order valence-corrected chi connectivity index (χ1v) is 8.59. The molecule has 0 aliphatic rings. The summed E-state index contributed by atoms with van der Waals surface area (Å²) in [6, 6.07) is 8.49. The molecule has 0 unspecified atom stereocenters. The van der Waals surface area contributed by atoms with Crippen LogP contribution in [0.25, 0.3) is 0 Å². The van der Waals surface area contributed by atoms with Gasteiger partial charge in [0.1, 0.15) is 5.75 Å². The van der Waals surface area contributed by atoms with Crippen LogP contribution in [0.2, 0.25) is 0 Å². The van der Waals surface area contributed by atoms with E-state index in [2.05, 4.69) is 50.2 Å². The molecule has 0 saturated carbocycles. The fourth-order valence-electron chi connectivity index (χ4n) is 2.48. The monoisotopic (exact) mass is 291 g/mol.